The maximum atomic E-state index is 11.4. The lowest BCUT2D eigenvalue weighted by Crippen LogP contribution is -2.43. The Hall–Kier alpha value is -1.08. The van der Waals surface area contributed by atoms with Crippen LogP contribution in [0.4, 0.5) is 0 Å². The minimum atomic E-state index is -0.635. The van der Waals surface area contributed by atoms with Crippen LogP contribution in [0.2, 0.25) is 0 Å². The van der Waals surface area contributed by atoms with Crippen LogP contribution in [-0.2, 0) is 9.53 Å². The van der Waals surface area contributed by atoms with Gasteiger partial charge in [-0.25, -0.2) is 0 Å². The minimum Gasteiger partial charge on any atom is -0.359 e. The monoisotopic (exact) mass is 182 g/mol. The van der Waals surface area contributed by atoms with E-state index >= 15 is 0 Å². The standard InChI is InChI=1S/C9H14N2O2/c1-6(4-10)7(2)11-8(12)9(3)5-13-9/h6-7H,5H2,1-3H3,(H,11,12)/t6-,7?,9-/m0/s1. The lowest BCUT2D eigenvalue weighted by atomic mass is 10.0. The SMILES string of the molecule is CC(NC(=O)[C@]1(C)CO1)[C@@H](C)C#N. The first-order valence-corrected chi connectivity index (χ1v) is 4.34. The summed E-state index contributed by atoms with van der Waals surface area (Å²) < 4.78 is 4.98. The third kappa shape index (κ3) is 2.19. The van der Waals surface area contributed by atoms with Crippen LogP contribution in [0.15, 0.2) is 0 Å². The molecule has 3 atom stereocenters. The van der Waals surface area contributed by atoms with Crippen molar-refractivity contribution in [1.29, 1.82) is 5.26 Å². The van der Waals surface area contributed by atoms with E-state index in [1.165, 1.54) is 0 Å². The van der Waals surface area contributed by atoms with Crippen LogP contribution in [-0.4, -0.2) is 24.2 Å². The first-order chi connectivity index (χ1) is 5.99. The van der Waals surface area contributed by atoms with E-state index in [9.17, 15) is 4.79 Å². The van der Waals surface area contributed by atoms with Crippen molar-refractivity contribution in [2.24, 2.45) is 5.92 Å². The normalized spacial score (nSPS) is 30.0. The number of ether oxygens (including phenoxy) is 1. The Morgan fingerprint density at radius 2 is 2.23 bits per heavy atom. The van der Waals surface area contributed by atoms with Gasteiger partial charge in [-0.15, -0.1) is 0 Å². The van der Waals surface area contributed by atoms with E-state index in [-0.39, 0.29) is 17.9 Å². The topological polar surface area (TPSA) is 65.4 Å². The second kappa shape index (κ2) is 3.35. The van der Waals surface area contributed by atoms with Crippen molar-refractivity contribution in [3.8, 4) is 6.07 Å². The van der Waals surface area contributed by atoms with Crippen LogP contribution >= 0.6 is 0 Å². The van der Waals surface area contributed by atoms with Gasteiger partial charge in [-0.1, -0.05) is 0 Å². The zero-order chi connectivity index (χ0) is 10.1. The molecule has 1 amide bonds. The van der Waals surface area contributed by atoms with Gasteiger partial charge >= 0.3 is 0 Å². The van der Waals surface area contributed by atoms with Gasteiger partial charge in [-0.3, -0.25) is 4.79 Å². The zero-order valence-corrected chi connectivity index (χ0v) is 8.13. The fraction of sp³-hybridized carbons (Fsp3) is 0.778. The fourth-order valence-electron chi connectivity index (χ4n) is 0.836. The molecule has 1 aliphatic rings. The molecular weight excluding hydrogens is 168 g/mol. The molecule has 1 saturated heterocycles. The van der Waals surface area contributed by atoms with Crippen molar-refractivity contribution < 1.29 is 9.53 Å². The summed E-state index contributed by atoms with van der Waals surface area (Å²) in [6.07, 6.45) is 0. The van der Waals surface area contributed by atoms with Crippen LogP contribution in [0.5, 0.6) is 0 Å². The van der Waals surface area contributed by atoms with E-state index in [0.29, 0.717) is 6.61 Å². The van der Waals surface area contributed by atoms with Gasteiger partial charge in [-0.05, 0) is 20.8 Å². The van der Waals surface area contributed by atoms with Crippen molar-refractivity contribution in [1.82, 2.24) is 5.32 Å². The predicted molar refractivity (Wildman–Crippen MR) is 46.7 cm³/mol. The molecule has 0 aliphatic carbocycles. The van der Waals surface area contributed by atoms with Crippen molar-refractivity contribution >= 4 is 5.91 Å². The smallest absolute Gasteiger partial charge is 0.254 e. The summed E-state index contributed by atoms with van der Waals surface area (Å²) in [6, 6.07) is 1.96. The minimum absolute atomic E-state index is 0.123. The number of carbonyl (C=O) groups excluding carboxylic acids is 1. The van der Waals surface area contributed by atoms with Gasteiger partial charge in [0, 0.05) is 6.04 Å². The number of hydrogen-bond donors (Lipinski definition) is 1. The molecule has 1 aliphatic heterocycles. The summed E-state index contributed by atoms with van der Waals surface area (Å²) in [7, 11) is 0. The van der Waals surface area contributed by atoms with E-state index in [0.717, 1.165) is 0 Å². The van der Waals surface area contributed by atoms with E-state index in [4.69, 9.17) is 10.00 Å². The number of carbonyl (C=O) groups is 1. The molecule has 0 aromatic carbocycles. The average Bonchev–Trinajstić information content (AvgIpc) is 2.83. The molecule has 0 aromatic rings. The Kier molecular flexibility index (Phi) is 2.58. The number of epoxide rings is 1. The number of nitrogens with zero attached hydrogens (tertiary/aromatic N) is 1. The molecule has 1 heterocycles. The van der Waals surface area contributed by atoms with E-state index in [1.54, 1.807) is 13.8 Å². The highest BCUT2D eigenvalue weighted by Crippen LogP contribution is 2.26. The van der Waals surface area contributed by atoms with Gasteiger partial charge in [0.2, 0.25) is 0 Å². The van der Waals surface area contributed by atoms with Crippen LogP contribution in [0.25, 0.3) is 0 Å². The second-order valence-electron chi connectivity index (χ2n) is 3.70. The molecule has 4 nitrogen and oxygen atoms in total. The molecule has 72 valence electrons. The van der Waals surface area contributed by atoms with E-state index in [1.807, 2.05) is 6.92 Å². The maximum absolute atomic E-state index is 11.4. The zero-order valence-electron chi connectivity index (χ0n) is 8.13. The Labute approximate surface area is 77.9 Å². The molecule has 0 saturated carbocycles. The number of amides is 1. The third-order valence-electron chi connectivity index (χ3n) is 2.37. The lowest BCUT2D eigenvalue weighted by molar-refractivity contribution is -0.126. The van der Waals surface area contributed by atoms with Crippen molar-refractivity contribution in [2.45, 2.75) is 32.4 Å². The van der Waals surface area contributed by atoms with Crippen LogP contribution in [0, 0.1) is 17.2 Å². The van der Waals surface area contributed by atoms with Crippen molar-refractivity contribution in [3.63, 3.8) is 0 Å². The maximum Gasteiger partial charge on any atom is 0.254 e. The van der Waals surface area contributed by atoms with Gasteiger partial charge in [-0.2, -0.15) is 5.26 Å². The Bertz CT molecular complexity index is 253. The molecule has 13 heavy (non-hydrogen) atoms. The molecule has 1 fully saturated rings. The number of nitrogens with one attached hydrogen (secondary N) is 1. The van der Waals surface area contributed by atoms with Crippen LogP contribution in [0.1, 0.15) is 20.8 Å². The Balaban J connectivity index is 2.41. The van der Waals surface area contributed by atoms with Gasteiger partial charge in [0.05, 0.1) is 18.6 Å². The Morgan fingerprint density at radius 3 is 2.62 bits per heavy atom. The highest BCUT2D eigenvalue weighted by molar-refractivity contribution is 5.87. The third-order valence-corrected chi connectivity index (χ3v) is 2.37. The molecule has 0 aromatic heterocycles. The largest absolute Gasteiger partial charge is 0.359 e. The summed E-state index contributed by atoms with van der Waals surface area (Å²) >= 11 is 0. The Morgan fingerprint density at radius 1 is 1.69 bits per heavy atom. The predicted octanol–water partition coefficient (Wildman–Crippen LogP) is 0.440. The van der Waals surface area contributed by atoms with Gasteiger partial charge in [0.15, 0.2) is 5.60 Å². The molecule has 0 radical (unpaired) electrons. The molecule has 4 heteroatoms. The highest BCUT2D eigenvalue weighted by Gasteiger charge is 2.47. The fourth-order valence-corrected chi connectivity index (χ4v) is 0.836. The summed E-state index contributed by atoms with van der Waals surface area (Å²) in [4.78, 5) is 11.4. The number of hydrogen-bond acceptors (Lipinski definition) is 3. The van der Waals surface area contributed by atoms with E-state index < -0.39 is 5.60 Å². The molecule has 1 rings (SSSR count). The van der Waals surface area contributed by atoms with Crippen LogP contribution < -0.4 is 5.32 Å². The lowest BCUT2D eigenvalue weighted by Gasteiger charge is -2.16. The molecule has 0 spiro atoms. The summed E-state index contributed by atoms with van der Waals surface area (Å²) in [5.74, 6) is -0.298. The van der Waals surface area contributed by atoms with Crippen molar-refractivity contribution in [3.05, 3.63) is 0 Å². The summed E-state index contributed by atoms with van der Waals surface area (Å²) in [5, 5.41) is 11.4. The average molecular weight is 182 g/mol. The second-order valence-corrected chi connectivity index (χ2v) is 3.70. The van der Waals surface area contributed by atoms with E-state index in [2.05, 4.69) is 11.4 Å². The first kappa shape index (κ1) is 10.0. The van der Waals surface area contributed by atoms with Gasteiger partial charge < -0.3 is 10.1 Å². The molecule has 0 bridgehead atoms. The highest BCUT2D eigenvalue weighted by atomic mass is 16.6. The summed E-state index contributed by atoms with van der Waals surface area (Å²) in [6.45, 7) is 5.82. The summed E-state index contributed by atoms with van der Waals surface area (Å²) in [5.41, 5.74) is -0.635. The first-order valence-electron chi connectivity index (χ1n) is 4.34. The van der Waals surface area contributed by atoms with Crippen molar-refractivity contribution in [2.75, 3.05) is 6.61 Å². The van der Waals surface area contributed by atoms with Crippen LogP contribution in [0.3, 0.4) is 0 Å². The molecule has 1 N–H and O–H groups in total. The quantitative estimate of drug-likeness (QED) is 0.644. The molecular formula is C9H14N2O2. The van der Waals surface area contributed by atoms with Gasteiger partial charge in [0.1, 0.15) is 0 Å². The number of nitriles is 1. The number of rotatable bonds is 3. The molecule has 1 unspecified atom stereocenters. The van der Waals surface area contributed by atoms with Gasteiger partial charge in [0.25, 0.3) is 5.91 Å².